The van der Waals surface area contributed by atoms with Crippen LogP contribution >= 0.6 is 0 Å². The number of nitrogens with zero attached hydrogens (tertiary/aromatic N) is 6. The van der Waals surface area contributed by atoms with Crippen molar-refractivity contribution in [2.45, 2.75) is 65.1 Å². The van der Waals surface area contributed by atoms with Gasteiger partial charge in [-0.3, -0.25) is 4.68 Å². The summed E-state index contributed by atoms with van der Waals surface area (Å²) in [5.74, 6) is 1.83. The smallest absolute Gasteiger partial charge is 0.226 e. The van der Waals surface area contributed by atoms with E-state index in [1.165, 1.54) is 19.3 Å². The van der Waals surface area contributed by atoms with Gasteiger partial charge in [-0.05, 0) is 45.3 Å². The number of nitrogens with two attached hydrogens (primary N) is 1. The van der Waals surface area contributed by atoms with Crippen LogP contribution in [-0.4, -0.2) is 76.8 Å². The largest absolute Gasteiger partial charge is 0.383 e. The molecule has 3 rings (SSSR count). The van der Waals surface area contributed by atoms with E-state index in [0.717, 1.165) is 76.7 Å². The van der Waals surface area contributed by atoms with E-state index in [0.29, 0.717) is 24.4 Å². The first kappa shape index (κ1) is 26.1. The normalized spacial score (nSPS) is 14.9. The van der Waals surface area contributed by atoms with Crippen LogP contribution < -0.4 is 31.9 Å². The monoisotopic (exact) mass is 473 g/mol. The first-order valence-corrected chi connectivity index (χ1v) is 12.8. The Bertz CT molecular complexity index is 819. The molecule has 34 heavy (non-hydrogen) atoms. The fourth-order valence-electron chi connectivity index (χ4n) is 4.10. The highest BCUT2D eigenvalue weighted by atomic mass is 15.4. The molecule has 11 heteroatoms. The molecule has 1 unspecified atom stereocenters. The number of hydrogen-bond acceptors (Lipinski definition) is 10. The molecule has 0 saturated carbocycles. The lowest BCUT2D eigenvalue weighted by Gasteiger charge is -2.28. The van der Waals surface area contributed by atoms with Crippen LogP contribution in [0.1, 0.15) is 51.6 Å². The average Bonchev–Trinajstić information content (AvgIpc) is 3.31. The van der Waals surface area contributed by atoms with Gasteiger partial charge in [0, 0.05) is 44.8 Å². The number of hydrogen-bond donors (Lipinski definition) is 5. The highest BCUT2D eigenvalue weighted by Gasteiger charge is 2.14. The van der Waals surface area contributed by atoms with E-state index in [-0.39, 0.29) is 0 Å². The van der Waals surface area contributed by atoms with Gasteiger partial charge in [-0.25, -0.2) is 0 Å². The van der Waals surface area contributed by atoms with Crippen molar-refractivity contribution in [2.75, 3.05) is 61.8 Å². The average molecular weight is 474 g/mol. The lowest BCUT2D eigenvalue weighted by Crippen LogP contribution is -2.44. The summed E-state index contributed by atoms with van der Waals surface area (Å²) in [6, 6.07) is 2.49. The van der Waals surface area contributed by atoms with E-state index in [4.69, 9.17) is 5.73 Å². The zero-order valence-corrected chi connectivity index (χ0v) is 20.9. The van der Waals surface area contributed by atoms with E-state index < -0.39 is 0 Å². The number of nitrogens with one attached hydrogen (secondary N) is 4. The zero-order chi connectivity index (χ0) is 24.0. The van der Waals surface area contributed by atoms with Crippen LogP contribution in [0.4, 0.5) is 17.6 Å². The molecular weight excluding hydrogens is 430 g/mol. The highest BCUT2D eigenvalue weighted by molar-refractivity contribution is 5.51. The van der Waals surface area contributed by atoms with Gasteiger partial charge < -0.3 is 31.9 Å². The molecule has 3 heterocycles. The molecule has 1 aliphatic rings. The zero-order valence-electron chi connectivity index (χ0n) is 20.9. The molecular formula is C23H43N11. The van der Waals surface area contributed by atoms with Crippen molar-refractivity contribution in [3.8, 4) is 0 Å². The van der Waals surface area contributed by atoms with E-state index in [1.807, 2.05) is 16.9 Å². The molecule has 0 aromatic carbocycles. The Kier molecular flexibility index (Phi) is 11.3. The van der Waals surface area contributed by atoms with Crippen LogP contribution in [0, 0.1) is 0 Å². The van der Waals surface area contributed by atoms with Crippen LogP contribution in [0.25, 0.3) is 0 Å². The Morgan fingerprint density at radius 1 is 1.12 bits per heavy atom. The van der Waals surface area contributed by atoms with Gasteiger partial charge in [0.15, 0.2) is 0 Å². The van der Waals surface area contributed by atoms with Gasteiger partial charge in [0.05, 0.1) is 12.7 Å². The molecule has 1 atom stereocenters. The Balaban J connectivity index is 1.31. The van der Waals surface area contributed by atoms with Crippen molar-refractivity contribution in [2.24, 2.45) is 0 Å². The lowest BCUT2D eigenvalue weighted by atomic mass is 10.1. The third kappa shape index (κ3) is 9.03. The summed E-state index contributed by atoms with van der Waals surface area (Å²) in [6.45, 7) is 12.7. The summed E-state index contributed by atoms with van der Waals surface area (Å²) < 4.78 is 1.89. The van der Waals surface area contributed by atoms with E-state index in [1.54, 1.807) is 0 Å². The maximum Gasteiger partial charge on any atom is 0.226 e. The first-order chi connectivity index (χ1) is 16.7. The number of rotatable bonds is 16. The molecule has 0 aliphatic carbocycles. The van der Waals surface area contributed by atoms with Crippen molar-refractivity contribution in [3.05, 3.63) is 18.0 Å². The lowest BCUT2D eigenvalue weighted by molar-refractivity contribution is 0.451. The van der Waals surface area contributed by atoms with Crippen molar-refractivity contribution in [1.82, 2.24) is 40.9 Å². The molecule has 6 N–H and O–H groups in total. The molecule has 0 spiro atoms. The number of piperazine rings is 1. The Hall–Kier alpha value is -2.50. The molecule has 0 amide bonds. The second-order valence-corrected chi connectivity index (χ2v) is 8.84. The molecule has 190 valence electrons. The molecule has 2 aromatic rings. The van der Waals surface area contributed by atoms with Gasteiger partial charge in [0.25, 0.3) is 0 Å². The van der Waals surface area contributed by atoms with Gasteiger partial charge in [-0.15, -0.1) is 5.10 Å². The second-order valence-electron chi connectivity index (χ2n) is 8.84. The van der Waals surface area contributed by atoms with E-state index >= 15 is 0 Å². The third-order valence-corrected chi connectivity index (χ3v) is 6.02. The minimum Gasteiger partial charge on any atom is -0.383 e. The third-order valence-electron chi connectivity index (χ3n) is 6.02. The van der Waals surface area contributed by atoms with Gasteiger partial charge in [0.1, 0.15) is 17.3 Å². The molecule has 1 aliphatic heterocycles. The summed E-state index contributed by atoms with van der Waals surface area (Å²) in [6.07, 6.45) is 7.87. The first-order valence-electron chi connectivity index (χ1n) is 12.8. The minimum atomic E-state index is 0.462. The summed E-state index contributed by atoms with van der Waals surface area (Å²) >= 11 is 0. The topological polar surface area (TPSA) is 134 Å². The standard InChI is InChI=1S/C23H43N11/c1-3-7-19(4-2)27-10-5-8-25-9-6-13-34-18-20(31-32-34)17-28-23-29-21(24)16-22(30-23)33-14-11-26-12-15-33/h16,18-19,25-27H,3-15,17H2,1-2H3,(H3,24,28,29,30). The van der Waals surface area contributed by atoms with Crippen molar-refractivity contribution in [1.29, 1.82) is 0 Å². The SMILES string of the molecule is CCCC(CC)NCCCNCCCn1cc(CNc2nc(N)cc(N3CCNCC3)n2)nn1. The number of nitrogen functional groups attached to an aromatic ring is 1. The van der Waals surface area contributed by atoms with Crippen LogP contribution in [0.2, 0.25) is 0 Å². The van der Waals surface area contributed by atoms with Crippen molar-refractivity contribution >= 4 is 17.6 Å². The van der Waals surface area contributed by atoms with E-state index in [9.17, 15) is 0 Å². The van der Waals surface area contributed by atoms with Gasteiger partial charge >= 0.3 is 0 Å². The number of aryl methyl sites for hydroxylation is 1. The van der Waals surface area contributed by atoms with Crippen LogP contribution in [0.3, 0.4) is 0 Å². The maximum atomic E-state index is 6.00. The summed E-state index contributed by atoms with van der Waals surface area (Å²) in [5, 5.41) is 22.2. The second kappa shape index (κ2) is 14.7. The van der Waals surface area contributed by atoms with Crippen LogP contribution in [-0.2, 0) is 13.1 Å². The van der Waals surface area contributed by atoms with Gasteiger partial charge in [-0.1, -0.05) is 25.5 Å². The highest BCUT2D eigenvalue weighted by Crippen LogP contribution is 2.17. The Morgan fingerprint density at radius 2 is 1.94 bits per heavy atom. The predicted octanol–water partition coefficient (Wildman–Crippen LogP) is 1.21. The Labute approximate surface area is 203 Å². The minimum absolute atomic E-state index is 0.462. The van der Waals surface area contributed by atoms with Crippen molar-refractivity contribution < 1.29 is 0 Å². The quantitative estimate of drug-likeness (QED) is 0.226. The molecule has 0 radical (unpaired) electrons. The van der Waals surface area contributed by atoms with Crippen molar-refractivity contribution in [3.63, 3.8) is 0 Å². The Morgan fingerprint density at radius 3 is 2.74 bits per heavy atom. The predicted molar refractivity (Wildman–Crippen MR) is 138 cm³/mol. The molecule has 2 aromatic heterocycles. The van der Waals surface area contributed by atoms with Crippen LogP contribution in [0.15, 0.2) is 12.3 Å². The summed E-state index contributed by atoms with van der Waals surface area (Å²) in [4.78, 5) is 11.2. The number of aromatic nitrogens is 5. The van der Waals surface area contributed by atoms with Gasteiger partial charge in [-0.2, -0.15) is 9.97 Å². The molecule has 1 fully saturated rings. The maximum absolute atomic E-state index is 6.00. The summed E-state index contributed by atoms with van der Waals surface area (Å²) in [5.41, 5.74) is 6.86. The fourth-order valence-corrected chi connectivity index (χ4v) is 4.10. The number of anilines is 3. The fraction of sp³-hybridized carbons (Fsp3) is 0.739. The summed E-state index contributed by atoms with van der Waals surface area (Å²) in [7, 11) is 0. The van der Waals surface area contributed by atoms with E-state index in [2.05, 4.69) is 60.3 Å². The van der Waals surface area contributed by atoms with Gasteiger partial charge in [0.2, 0.25) is 5.95 Å². The molecule has 11 nitrogen and oxygen atoms in total. The van der Waals surface area contributed by atoms with Crippen LogP contribution in [0.5, 0.6) is 0 Å². The molecule has 0 bridgehead atoms. The molecule has 1 saturated heterocycles.